The average Bonchev–Trinajstić information content (AvgIpc) is 2.93. The van der Waals surface area contributed by atoms with Crippen molar-refractivity contribution in [3.63, 3.8) is 0 Å². The van der Waals surface area contributed by atoms with Gasteiger partial charge in [0.15, 0.2) is 0 Å². The van der Waals surface area contributed by atoms with Gasteiger partial charge in [-0.3, -0.25) is 9.48 Å². The Morgan fingerprint density at radius 1 is 1.22 bits per heavy atom. The molecule has 2 aliphatic heterocycles. The largest absolute Gasteiger partial charge is 0.463 e. The third kappa shape index (κ3) is 2.39. The molecule has 2 fully saturated rings. The van der Waals surface area contributed by atoms with Crippen molar-refractivity contribution in [2.75, 3.05) is 32.8 Å². The van der Waals surface area contributed by atoms with Gasteiger partial charge in [-0.05, 0) is 18.9 Å². The summed E-state index contributed by atoms with van der Waals surface area (Å²) in [6, 6.07) is 2.46. The van der Waals surface area contributed by atoms with Crippen molar-refractivity contribution in [3.8, 4) is 0 Å². The molecule has 0 atom stereocenters. The van der Waals surface area contributed by atoms with Gasteiger partial charge in [-0.15, -0.1) is 0 Å². The van der Waals surface area contributed by atoms with Crippen LogP contribution in [0.15, 0.2) is 18.5 Å². The summed E-state index contributed by atoms with van der Waals surface area (Å²) in [6.07, 6.45) is 6.01. The number of nitrogens with zero attached hydrogens (tertiary/aromatic N) is 4. The maximum atomic E-state index is 11.3. The molecule has 0 unspecified atom stereocenters. The zero-order valence-corrected chi connectivity index (χ0v) is 10.4. The van der Waals surface area contributed by atoms with E-state index in [0.717, 1.165) is 32.5 Å². The van der Waals surface area contributed by atoms with Gasteiger partial charge in [-0.2, -0.15) is 5.10 Å². The number of esters is 1. The zero-order valence-electron chi connectivity index (χ0n) is 10.4. The molecule has 3 rings (SSSR count). The number of hydrogen-bond donors (Lipinski definition) is 0. The highest BCUT2D eigenvalue weighted by atomic mass is 16.5. The normalized spacial score (nSPS) is 24.1. The Kier molecular flexibility index (Phi) is 3.29. The van der Waals surface area contributed by atoms with E-state index < -0.39 is 0 Å². The van der Waals surface area contributed by atoms with E-state index in [-0.39, 0.29) is 5.97 Å². The second-order valence-electron chi connectivity index (χ2n) is 4.78. The van der Waals surface area contributed by atoms with Gasteiger partial charge >= 0.3 is 5.97 Å². The van der Waals surface area contributed by atoms with Gasteiger partial charge in [-0.1, -0.05) is 0 Å². The monoisotopic (exact) mass is 250 g/mol. The predicted molar refractivity (Wildman–Crippen MR) is 64.6 cm³/mol. The van der Waals surface area contributed by atoms with E-state index >= 15 is 0 Å². The lowest BCUT2D eigenvalue weighted by atomic mass is 10.1. The molecule has 0 bridgehead atoms. The fourth-order valence-electron chi connectivity index (χ4n) is 2.68. The van der Waals surface area contributed by atoms with Crippen LogP contribution in [0.1, 0.15) is 18.9 Å². The predicted octanol–water partition coefficient (Wildman–Crippen LogP) is 0.294. The Labute approximate surface area is 106 Å². The van der Waals surface area contributed by atoms with Crippen LogP contribution in [0.3, 0.4) is 0 Å². The summed E-state index contributed by atoms with van der Waals surface area (Å²) < 4.78 is 7.00. The van der Waals surface area contributed by atoms with Crippen molar-refractivity contribution >= 4 is 5.97 Å². The van der Waals surface area contributed by atoms with E-state index in [1.165, 1.54) is 0 Å². The summed E-state index contributed by atoms with van der Waals surface area (Å²) in [4.78, 5) is 11.3. The number of hydrazine groups is 1. The summed E-state index contributed by atoms with van der Waals surface area (Å²) in [6.45, 7) is 3.69. The fourth-order valence-corrected chi connectivity index (χ4v) is 2.68. The van der Waals surface area contributed by atoms with Crippen LogP contribution in [0.25, 0.3) is 0 Å². The number of cyclic esters (lactones) is 1. The summed E-state index contributed by atoms with van der Waals surface area (Å²) in [7, 11) is 0. The van der Waals surface area contributed by atoms with E-state index in [0.29, 0.717) is 19.2 Å². The molecule has 2 aliphatic rings. The molecule has 18 heavy (non-hydrogen) atoms. The maximum absolute atomic E-state index is 11.3. The molecule has 0 amide bonds. The standard InChI is InChI=1S/C12H18N4O2/c17-12-10-15(8-9-18-12)14-6-2-11(3-7-14)16-5-1-4-13-16/h1,4-5,11H,2-3,6-10H2. The van der Waals surface area contributed by atoms with Crippen LogP contribution < -0.4 is 0 Å². The average molecular weight is 250 g/mol. The minimum absolute atomic E-state index is 0.115. The van der Waals surface area contributed by atoms with Crippen LogP contribution >= 0.6 is 0 Å². The quantitative estimate of drug-likeness (QED) is 0.706. The summed E-state index contributed by atoms with van der Waals surface area (Å²) in [5.74, 6) is -0.115. The molecular weight excluding hydrogens is 232 g/mol. The van der Waals surface area contributed by atoms with E-state index in [2.05, 4.69) is 15.1 Å². The molecule has 2 saturated heterocycles. The third-order valence-corrected chi connectivity index (χ3v) is 3.66. The molecular formula is C12H18N4O2. The number of rotatable bonds is 2. The topological polar surface area (TPSA) is 50.6 Å². The molecule has 1 aromatic heterocycles. The van der Waals surface area contributed by atoms with Crippen LogP contribution in [0.4, 0.5) is 0 Å². The Balaban J connectivity index is 1.55. The Bertz CT molecular complexity index is 398. The molecule has 0 radical (unpaired) electrons. The number of morpholine rings is 1. The number of carbonyl (C=O) groups is 1. The zero-order chi connectivity index (χ0) is 12.4. The first-order valence-electron chi connectivity index (χ1n) is 6.47. The van der Waals surface area contributed by atoms with Crippen LogP contribution in [0, 0.1) is 0 Å². The minimum atomic E-state index is -0.115. The molecule has 3 heterocycles. The molecule has 0 aliphatic carbocycles. The molecule has 6 nitrogen and oxygen atoms in total. The van der Waals surface area contributed by atoms with Crippen LogP contribution in [-0.4, -0.2) is 58.6 Å². The van der Waals surface area contributed by atoms with Gasteiger partial charge in [0.05, 0.1) is 6.04 Å². The van der Waals surface area contributed by atoms with Gasteiger partial charge in [0, 0.05) is 32.0 Å². The highest BCUT2D eigenvalue weighted by molar-refractivity contribution is 5.72. The van der Waals surface area contributed by atoms with E-state index in [9.17, 15) is 4.79 Å². The van der Waals surface area contributed by atoms with Gasteiger partial charge in [0.2, 0.25) is 0 Å². The third-order valence-electron chi connectivity index (χ3n) is 3.66. The van der Waals surface area contributed by atoms with E-state index in [1.807, 2.05) is 23.1 Å². The Hall–Kier alpha value is -1.40. The molecule has 0 saturated carbocycles. The van der Waals surface area contributed by atoms with Crippen molar-refractivity contribution < 1.29 is 9.53 Å². The van der Waals surface area contributed by atoms with Crippen molar-refractivity contribution in [2.45, 2.75) is 18.9 Å². The van der Waals surface area contributed by atoms with Crippen LogP contribution in [0.2, 0.25) is 0 Å². The molecule has 6 heteroatoms. The lowest BCUT2D eigenvalue weighted by Gasteiger charge is -2.40. The second-order valence-corrected chi connectivity index (χ2v) is 4.78. The number of piperidine rings is 1. The van der Waals surface area contributed by atoms with Crippen LogP contribution in [0.5, 0.6) is 0 Å². The first kappa shape index (κ1) is 11.7. The Morgan fingerprint density at radius 2 is 2.06 bits per heavy atom. The van der Waals surface area contributed by atoms with Gasteiger partial charge in [-0.25, -0.2) is 10.0 Å². The summed E-state index contributed by atoms with van der Waals surface area (Å²) in [5.41, 5.74) is 0. The fraction of sp³-hybridized carbons (Fsp3) is 0.667. The molecule has 0 N–H and O–H groups in total. The lowest BCUT2D eigenvalue weighted by Crippen LogP contribution is -2.53. The lowest BCUT2D eigenvalue weighted by molar-refractivity contribution is -0.164. The molecule has 0 aromatic carbocycles. The minimum Gasteiger partial charge on any atom is -0.463 e. The maximum Gasteiger partial charge on any atom is 0.321 e. The SMILES string of the molecule is O=C1CN(N2CCC(n3cccn3)CC2)CCO1. The van der Waals surface area contributed by atoms with Gasteiger partial charge < -0.3 is 4.74 Å². The number of ether oxygens (including phenoxy) is 1. The van der Waals surface area contributed by atoms with E-state index in [4.69, 9.17) is 4.74 Å². The highest BCUT2D eigenvalue weighted by Crippen LogP contribution is 2.22. The van der Waals surface area contributed by atoms with Gasteiger partial charge in [0.1, 0.15) is 13.2 Å². The molecule has 0 spiro atoms. The van der Waals surface area contributed by atoms with Crippen molar-refractivity contribution in [2.24, 2.45) is 0 Å². The number of aromatic nitrogens is 2. The first-order valence-corrected chi connectivity index (χ1v) is 6.47. The van der Waals surface area contributed by atoms with Crippen molar-refractivity contribution in [1.82, 2.24) is 19.8 Å². The molecule has 98 valence electrons. The molecule has 1 aromatic rings. The van der Waals surface area contributed by atoms with Crippen LogP contribution in [-0.2, 0) is 9.53 Å². The highest BCUT2D eigenvalue weighted by Gasteiger charge is 2.28. The number of hydrogen-bond acceptors (Lipinski definition) is 5. The van der Waals surface area contributed by atoms with E-state index in [1.54, 1.807) is 0 Å². The summed E-state index contributed by atoms with van der Waals surface area (Å²) in [5, 5.41) is 8.69. The Morgan fingerprint density at radius 3 is 2.72 bits per heavy atom. The smallest absolute Gasteiger partial charge is 0.321 e. The van der Waals surface area contributed by atoms with Crippen molar-refractivity contribution in [1.29, 1.82) is 0 Å². The summed E-state index contributed by atoms with van der Waals surface area (Å²) >= 11 is 0. The van der Waals surface area contributed by atoms with Crippen molar-refractivity contribution in [3.05, 3.63) is 18.5 Å². The number of carbonyl (C=O) groups excluding carboxylic acids is 1. The first-order chi connectivity index (χ1) is 8.83. The second kappa shape index (κ2) is 5.07. The van der Waals surface area contributed by atoms with Gasteiger partial charge in [0.25, 0.3) is 0 Å².